The number of phenols is 2. The number of aromatic hydroxyl groups is 2. The Morgan fingerprint density at radius 1 is 1.37 bits per heavy atom. The van der Waals surface area contributed by atoms with Gasteiger partial charge in [0.15, 0.2) is 22.7 Å². The highest BCUT2D eigenvalue weighted by molar-refractivity contribution is 6.11. The zero-order valence-corrected chi connectivity index (χ0v) is 10.9. The Hall–Kier alpha value is -2.04. The van der Waals surface area contributed by atoms with Gasteiger partial charge >= 0.3 is 5.97 Å². The molecule has 2 rings (SSSR count). The van der Waals surface area contributed by atoms with Gasteiger partial charge in [-0.15, -0.1) is 0 Å². The number of hydrogen-bond acceptors (Lipinski definition) is 5. The standard InChI is InChI=1S/C14H16O5/c1-8-6-9(7-10(15)12(8)17)14(13(18)19-2)5-3-4-11(14)16/h6-7,15,17H,3-5H2,1-2H3/t14-/m0/s1. The average molecular weight is 264 g/mol. The number of esters is 1. The van der Waals surface area contributed by atoms with E-state index in [9.17, 15) is 19.8 Å². The van der Waals surface area contributed by atoms with Crippen molar-refractivity contribution in [3.63, 3.8) is 0 Å². The van der Waals surface area contributed by atoms with Crippen molar-refractivity contribution in [2.75, 3.05) is 7.11 Å². The number of methoxy groups -OCH3 is 1. The molecule has 0 amide bonds. The topological polar surface area (TPSA) is 83.8 Å². The molecule has 1 aromatic rings. The fourth-order valence-corrected chi connectivity index (χ4v) is 2.69. The summed E-state index contributed by atoms with van der Waals surface area (Å²) in [6, 6.07) is 2.82. The lowest BCUT2D eigenvalue weighted by molar-refractivity contribution is -0.150. The van der Waals surface area contributed by atoms with Crippen molar-refractivity contribution in [3.8, 4) is 11.5 Å². The van der Waals surface area contributed by atoms with Crippen LogP contribution in [-0.4, -0.2) is 29.1 Å². The Morgan fingerprint density at radius 2 is 2.05 bits per heavy atom. The minimum Gasteiger partial charge on any atom is -0.504 e. The molecule has 2 N–H and O–H groups in total. The number of Topliss-reactive ketones (excluding diaryl/α,β-unsaturated/α-hetero) is 1. The zero-order chi connectivity index (χ0) is 14.2. The molecule has 0 spiro atoms. The number of carbonyl (C=O) groups excluding carboxylic acids is 2. The molecule has 5 nitrogen and oxygen atoms in total. The minimum absolute atomic E-state index is 0.205. The van der Waals surface area contributed by atoms with Crippen LogP contribution in [0.25, 0.3) is 0 Å². The van der Waals surface area contributed by atoms with Crippen LogP contribution < -0.4 is 0 Å². The summed E-state index contributed by atoms with van der Waals surface area (Å²) < 4.78 is 4.77. The summed E-state index contributed by atoms with van der Waals surface area (Å²) in [6.07, 6.45) is 1.28. The van der Waals surface area contributed by atoms with Gasteiger partial charge in [-0.05, 0) is 37.0 Å². The Morgan fingerprint density at radius 3 is 2.53 bits per heavy atom. The van der Waals surface area contributed by atoms with Crippen molar-refractivity contribution in [3.05, 3.63) is 23.3 Å². The molecule has 0 bridgehead atoms. The van der Waals surface area contributed by atoms with Crippen molar-refractivity contribution < 1.29 is 24.5 Å². The molecule has 0 heterocycles. The largest absolute Gasteiger partial charge is 0.504 e. The Labute approximate surface area is 110 Å². The van der Waals surface area contributed by atoms with Crippen LogP contribution in [0.1, 0.15) is 30.4 Å². The minimum atomic E-state index is -1.34. The predicted molar refractivity (Wildman–Crippen MR) is 67.1 cm³/mol. The van der Waals surface area contributed by atoms with E-state index in [0.29, 0.717) is 30.4 Å². The molecular weight excluding hydrogens is 248 g/mol. The van der Waals surface area contributed by atoms with Crippen molar-refractivity contribution >= 4 is 11.8 Å². The van der Waals surface area contributed by atoms with Crippen LogP contribution in [0.2, 0.25) is 0 Å². The van der Waals surface area contributed by atoms with Crippen molar-refractivity contribution in [2.24, 2.45) is 0 Å². The molecule has 1 saturated carbocycles. The number of phenolic OH excluding ortho intramolecular Hbond substituents is 2. The maximum atomic E-state index is 12.2. The van der Waals surface area contributed by atoms with Crippen LogP contribution in [0.3, 0.4) is 0 Å². The third kappa shape index (κ3) is 1.85. The monoisotopic (exact) mass is 264 g/mol. The summed E-state index contributed by atoms with van der Waals surface area (Å²) in [4.78, 5) is 24.2. The first-order valence-electron chi connectivity index (χ1n) is 6.08. The molecule has 1 fully saturated rings. The van der Waals surface area contributed by atoms with Crippen LogP contribution in [0.4, 0.5) is 0 Å². The molecule has 0 aromatic heterocycles. The molecule has 0 unspecified atom stereocenters. The highest BCUT2D eigenvalue weighted by atomic mass is 16.5. The molecule has 102 valence electrons. The summed E-state index contributed by atoms with van der Waals surface area (Å²) in [7, 11) is 1.24. The van der Waals surface area contributed by atoms with E-state index in [1.54, 1.807) is 13.0 Å². The number of aryl methyl sites for hydroxylation is 1. The van der Waals surface area contributed by atoms with Gasteiger partial charge in [-0.25, -0.2) is 0 Å². The van der Waals surface area contributed by atoms with Gasteiger partial charge in [-0.1, -0.05) is 6.07 Å². The summed E-state index contributed by atoms with van der Waals surface area (Å²) in [5, 5.41) is 19.3. The molecule has 1 aromatic carbocycles. The second-order valence-electron chi connectivity index (χ2n) is 4.83. The summed E-state index contributed by atoms with van der Waals surface area (Å²) >= 11 is 0. The maximum Gasteiger partial charge on any atom is 0.323 e. The van der Waals surface area contributed by atoms with Gasteiger partial charge in [0.25, 0.3) is 0 Å². The van der Waals surface area contributed by atoms with Crippen LogP contribution in [0.5, 0.6) is 11.5 Å². The second kappa shape index (κ2) is 4.57. The lowest BCUT2D eigenvalue weighted by Crippen LogP contribution is -2.40. The number of benzene rings is 1. The third-order valence-corrected chi connectivity index (χ3v) is 3.74. The van der Waals surface area contributed by atoms with E-state index in [4.69, 9.17) is 4.74 Å². The van der Waals surface area contributed by atoms with Crippen LogP contribution in [-0.2, 0) is 19.7 Å². The zero-order valence-electron chi connectivity index (χ0n) is 10.9. The van der Waals surface area contributed by atoms with E-state index in [1.165, 1.54) is 13.2 Å². The van der Waals surface area contributed by atoms with Crippen LogP contribution in [0, 0.1) is 6.92 Å². The fraction of sp³-hybridized carbons (Fsp3) is 0.429. The number of ether oxygens (including phenoxy) is 1. The predicted octanol–water partition coefficient (Wildman–Crippen LogP) is 1.57. The van der Waals surface area contributed by atoms with E-state index in [1.807, 2.05) is 0 Å². The summed E-state index contributed by atoms with van der Waals surface area (Å²) in [5.41, 5.74) is -0.544. The smallest absolute Gasteiger partial charge is 0.323 e. The summed E-state index contributed by atoms with van der Waals surface area (Å²) in [6.45, 7) is 1.60. The lowest BCUT2D eigenvalue weighted by Gasteiger charge is -2.25. The van der Waals surface area contributed by atoms with Crippen LogP contribution >= 0.6 is 0 Å². The van der Waals surface area contributed by atoms with Gasteiger partial charge in [0.2, 0.25) is 0 Å². The van der Waals surface area contributed by atoms with Crippen molar-refractivity contribution in [1.82, 2.24) is 0 Å². The van der Waals surface area contributed by atoms with Gasteiger partial charge in [0.05, 0.1) is 7.11 Å². The summed E-state index contributed by atoms with van der Waals surface area (Å²) in [5.74, 6) is -1.39. The van der Waals surface area contributed by atoms with E-state index < -0.39 is 11.4 Å². The first kappa shape index (κ1) is 13.4. The van der Waals surface area contributed by atoms with E-state index in [0.717, 1.165) is 0 Å². The fourth-order valence-electron chi connectivity index (χ4n) is 2.69. The normalized spacial score (nSPS) is 22.5. The van der Waals surface area contributed by atoms with Gasteiger partial charge < -0.3 is 14.9 Å². The molecule has 19 heavy (non-hydrogen) atoms. The van der Waals surface area contributed by atoms with Gasteiger partial charge in [-0.3, -0.25) is 9.59 Å². The molecule has 0 radical (unpaired) electrons. The van der Waals surface area contributed by atoms with E-state index in [2.05, 4.69) is 0 Å². The molecule has 1 aliphatic carbocycles. The Balaban J connectivity index is 2.64. The maximum absolute atomic E-state index is 12.2. The van der Waals surface area contributed by atoms with Gasteiger partial charge in [-0.2, -0.15) is 0 Å². The van der Waals surface area contributed by atoms with E-state index >= 15 is 0 Å². The number of carbonyl (C=O) groups is 2. The average Bonchev–Trinajstić information content (AvgIpc) is 2.77. The first-order chi connectivity index (χ1) is 8.93. The number of ketones is 1. The van der Waals surface area contributed by atoms with Gasteiger partial charge in [0.1, 0.15) is 0 Å². The van der Waals surface area contributed by atoms with Crippen molar-refractivity contribution in [1.29, 1.82) is 0 Å². The number of hydrogen-bond donors (Lipinski definition) is 2. The van der Waals surface area contributed by atoms with Crippen molar-refractivity contribution in [2.45, 2.75) is 31.6 Å². The molecular formula is C14H16O5. The van der Waals surface area contributed by atoms with Gasteiger partial charge in [0, 0.05) is 6.42 Å². The molecule has 1 aliphatic rings. The molecule has 5 heteroatoms. The highest BCUT2D eigenvalue weighted by Crippen LogP contribution is 2.43. The second-order valence-corrected chi connectivity index (χ2v) is 4.83. The lowest BCUT2D eigenvalue weighted by atomic mass is 9.77. The third-order valence-electron chi connectivity index (χ3n) is 3.74. The quantitative estimate of drug-likeness (QED) is 0.481. The first-order valence-corrected chi connectivity index (χ1v) is 6.08. The molecule has 1 atom stereocenters. The van der Waals surface area contributed by atoms with E-state index in [-0.39, 0.29) is 17.3 Å². The SMILES string of the molecule is COC(=O)[C@]1(c2cc(C)c(O)c(O)c2)CCCC1=O. The number of rotatable bonds is 2. The molecule has 0 aliphatic heterocycles. The molecule has 0 saturated heterocycles. The van der Waals surface area contributed by atoms with Crippen LogP contribution in [0.15, 0.2) is 12.1 Å². The Bertz CT molecular complexity index is 526. The Kier molecular flexibility index (Phi) is 3.22. The highest BCUT2D eigenvalue weighted by Gasteiger charge is 2.51.